The highest BCUT2D eigenvalue weighted by Crippen LogP contribution is 2.27. The molecule has 0 aliphatic rings. The van der Waals surface area contributed by atoms with Gasteiger partial charge >= 0.3 is 0 Å². The lowest BCUT2D eigenvalue weighted by atomic mass is 10.1. The Morgan fingerprint density at radius 1 is 1.07 bits per heavy atom. The Bertz CT molecular complexity index is 991. The second kappa shape index (κ2) is 9.34. The molecule has 144 valence electrons. The molecule has 2 aromatic carbocycles. The van der Waals surface area contributed by atoms with Crippen molar-refractivity contribution in [2.45, 2.75) is 11.3 Å². The van der Waals surface area contributed by atoms with Crippen LogP contribution in [0.2, 0.25) is 0 Å². The van der Waals surface area contributed by atoms with E-state index in [4.69, 9.17) is 4.74 Å². The summed E-state index contributed by atoms with van der Waals surface area (Å²) in [6.45, 7) is 1.87. The Morgan fingerprint density at radius 3 is 2.61 bits per heavy atom. The lowest BCUT2D eigenvalue weighted by Gasteiger charge is -2.08. The van der Waals surface area contributed by atoms with Gasteiger partial charge in [-0.15, -0.1) is 10.2 Å². The topological polar surface area (TPSA) is 93.2 Å². The van der Waals surface area contributed by atoms with E-state index in [1.165, 1.54) is 23.1 Å². The standard InChI is InChI=1S/C19H18N4O3S2/c1-12-7-3-4-8-13(12)17(25)21-18-22-23-19(28-18)27-11-16(24)20-14-9-5-6-10-15(14)26-2/h3-10H,11H2,1-2H3,(H,20,24)(H,21,22,25). The summed E-state index contributed by atoms with van der Waals surface area (Å²) in [5.41, 5.74) is 2.08. The number of aromatic nitrogens is 2. The van der Waals surface area contributed by atoms with Crippen LogP contribution in [-0.2, 0) is 4.79 Å². The maximum absolute atomic E-state index is 12.3. The van der Waals surface area contributed by atoms with E-state index in [0.717, 1.165) is 5.56 Å². The number of amides is 2. The van der Waals surface area contributed by atoms with E-state index in [9.17, 15) is 9.59 Å². The molecule has 0 aliphatic heterocycles. The van der Waals surface area contributed by atoms with Crippen LogP contribution >= 0.6 is 23.1 Å². The fourth-order valence-electron chi connectivity index (χ4n) is 2.37. The molecule has 3 aromatic rings. The van der Waals surface area contributed by atoms with Crippen molar-refractivity contribution < 1.29 is 14.3 Å². The number of nitrogens with zero attached hydrogens (tertiary/aromatic N) is 2. The molecule has 2 amide bonds. The third-order valence-corrected chi connectivity index (χ3v) is 5.70. The number of rotatable bonds is 7. The predicted octanol–water partition coefficient (Wildman–Crippen LogP) is 3.84. The van der Waals surface area contributed by atoms with Gasteiger partial charge in [0.1, 0.15) is 5.75 Å². The van der Waals surface area contributed by atoms with Crippen LogP contribution in [0.15, 0.2) is 52.9 Å². The number of hydrogen-bond acceptors (Lipinski definition) is 7. The molecular formula is C19H18N4O3S2. The van der Waals surface area contributed by atoms with E-state index in [2.05, 4.69) is 20.8 Å². The number of aryl methyl sites for hydroxylation is 1. The lowest BCUT2D eigenvalue weighted by molar-refractivity contribution is -0.113. The smallest absolute Gasteiger partial charge is 0.257 e. The molecule has 9 heteroatoms. The molecule has 0 bridgehead atoms. The monoisotopic (exact) mass is 414 g/mol. The summed E-state index contributed by atoms with van der Waals surface area (Å²) < 4.78 is 5.80. The first-order chi connectivity index (χ1) is 13.6. The van der Waals surface area contributed by atoms with Gasteiger partial charge in [-0.1, -0.05) is 53.4 Å². The number of anilines is 2. The summed E-state index contributed by atoms with van der Waals surface area (Å²) in [6, 6.07) is 14.5. The van der Waals surface area contributed by atoms with Crippen molar-refractivity contribution in [1.82, 2.24) is 10.2 Å². The molecule has 7 nitrogen and oxygen atoms in total. The number of ether oxygens (including phenoxy) is 1. The van der Waals surface area contributed by atoms with E-state index in [1.807, 2.05) is 37.3 Å². The lowest BCUT2D eigenvalue weighted by Crippen LogP contribution is -2.14. The molecule has 28 heavy (non-hydrogen) atoms. The van der Waals surface area contributed by atoms with Gasteiger partial charge in [-0.05, 0) is 30.7 Å². The average molecular weight is 415 g/mol. The quantitative estimate of drug-likeness (QED) is 0.451. The van der Waals surface area contributed by atoms with Gasteiger partial charge in [0.2, 0.25) is 11.0 Å². The van der Waals surface area contributed by atoms with Crippen molar-refractivity contribution in [2.24, 2.45) is 0 Å². The normalized spacial score (nSPS) is 10.4. The molecule has 2 N–H and O–H groups in total. The van der Waals surface area contributed by atoms with Gasteiger partial charge in [0.25, 0.3) is 5.91 Å². The molecule has 1 aromatic heterocycles. The molecule has 0 radical (unpaired) electrons. The first kappa shape index (κ1) is 19.8. The van der Waals surface area contributed by atoms with Crippen molar-refractivity contribution in [1.29, 1.82) is 0 Å². The summed E-state index contributed by atoms with van der Waals surface area (Å²) in [5.74, 6) is 0.339. The van der Waals surface area contributed by atoms with Gasteiger partial charge in [-0.25, -0.2) is 0 Å². The number of hydrogen-bond donors (Lipinski definition) is 2. The van der Waals surface area contributed by atoms with Gasteiger partial charge in [0.15, 0.2) is 4.34 Å². The molecule has 0 saturated carbocycles. The number of methoxy groups -OCH3 is 1. The van der Waals surface area contributed by atoms with E-state index in [1.54, 1.807) is 25.3 Å². The van der Waals surface area contributed by atoms with Crippen molar-refractivity contribution in [3.8, 4) is 5.75 Å². The molecule has 0 spiro atoms. The predicted molar refractivity (Wildman–Crippen MR) is 111 cm³/mol. The average Bonchev–Trinajstić information content (AvgIpc) is 3.14. The second-order valence-corrected chi connectivity index (χ2v) is 7.88. The number of nitrogens with one attached hydrogen (secondary N) is 2. The first-order valence-electron chi connectivity index (χ1n) is 8.33. The fraction of sp³-hybridized carbons (Fsp3) is 0.158. The third-order valence-electron chi connectivity index (χ3n) is 3.72. The van der Waals surface area contributed by atoms with Crippen LogP contribution in [0.4, 0.5) is 10.8 Å². The van der Waals surface area contributed by atoms with Crippen molar-refractivity contribution in [2.75, 3.05) is 23.5 Å². The highest BCUT2D eigenvalue weighted by atomic mass is 32.2. The van der Waals surface area contributed by atoms with Crippen LogP contribution in [0.3, 0.4) is 0 Å². The van der Waals surface area contributed by atoms with E-state index < -0.39 is 0 Å². The number of thioether (sulfide) groups is 1. The highest BCUT2D eigenvalue weighted by Gasteiger charge is 2.13. The third kappa shape index (κ3) is 5.08. The van der Waals surface area contributed by atoms with E-state index >= 15 is 0 Å². The molecular weight excluding hydrogens is 396 g/mol. The second-order valence-electron chi connectivity index (χ2n) is 5.68. The summed E-state index contributed by atoms with van der Waals surface area (Å²) in [7, 11) is 1.55. The number of carbonyl (C=O) groups is 2. The number of para-hydroxylation sites is 2. The first-order valence-corrected chi connectivity index (χ1v) is 10.1. The molecule has 0 unspecified atom stereocenters. The minimum atomic E-state index is -0.236. The van der Waals surface area contributed by atoms with Crippen molar-refractivity contribution in [3.05, 3.63) is 59.7 Å². The SMILES string of the molecule is COc1ccccc1NC(=O)CSc1nnc(NC(=O)c2ccccc2C)s1. The Labute approximate surface area is 170 Å². The van der Waals surface area contributed by atoms with Crippen LogP contribution in [0.1, 0.15) is 15.9 Å². The van der Waals surface area contributed by atoms with Gasteiger partial charge < -0.3 is 10.1 Å². The van der Waals surface area contributed by atoms with Crippen molar-refractivity contribution in [3.63, 3.8) is 0 Å². The zero-order valence-electron chi connectivity index (χ0n) is 15.3. The fourth-order valence-corrected chi connectivity index (χ4v) is 3.92. The van der Waals surface area contributed by atoms with E-state index in [-0.39, 0.29) is 17.6 Å². The zero-order valence-corrected chi connectivity index (χ0v) is 16.9. The minimum Gasteiger partial charge on any atom is -0.495 e. The maximum atomic E-state index is 12.3. The molecule has 3 rings (SSSR count). The Balaban J connectivity index is 1.54. The largest absolute Gasteiger partial charge is 0.495 e. The minimum absolute atomic E-state index is 0.165. The van der Waals surface area contributed by atoms with Crippen LogP contribution < -0.4 is 15.4 Å². The maximum Gasteiger partial charge on any atom is 0.257 e. The summed E-state index contributed by atoms with van der Waals surface area (Å²) in [5, 5.41) is 13.9. The highest BCUT2D eigenvalue weighted by molar-refractivity contribution is 8.01. The van der Waals surface area contributed by atoms with Gasteiger partial charge in [-0.2, -0.15) is 0 Å². The zero-order chi connectivity index (χ0) is 19.9. The van der Waals surface area contributed by atoms with Gasteiger partial charge in [0, 0.05) is 5.56 Å². The number of benzene rings is 2. The number of carbonyl (C=O) groups excluding carboxylic acids is 2. The Hall–Kier alpha value is -2.91. The van der Waals surface area contributed by atoms with Crippen molar-refractivity contribution >= 4 is 45.7 Å². The van der Waals surface area contributed by atoms with Crippen LogP contribution in [0.25, 0.3) is 0 Å². The van der Waals surface area contributed by atoms with E-state index in [0.29, 0.717) is 26.5 Å². The van der Waals surface area contributed by atoms with Crippen LogP contribution in [0.5, 0.6) is 5.75 Å². The van der Waals surface area contributed by atoms with Gasteiger partial charge in [0.05, 0.1) is 18.6 Å². The Kier molecular flexibility index (Phi) is 6.62. The molecule has 1 heterocycles. The Morgan fingerprint density at radius 2 is 1.82 bits per heavy atom. The summed E-state index contributed by atoms with van der Waals surface area (Å²) in [4.78, 5) is 24.5. The summed E-state index contributed by atoms with van der Waals surface area (Å²) in [6.07, 6.45) is 0. The molecule has 0 atom stereocenters. The molecule has 0 aliphatic carbocycles. The van der Waals surface area contributed by atoms with Gasteiger partial charge in [-0.3, -0.25) is 14.9 Å². The summed E-state index contributed by atoms with van der Waals surface area (Å²) >= 11 is 2.47. The van der Waals surface area contributed by atoms with Crippen LogP contribution in [-0.4, -0.2) is 34.9 Å². The molecule has 0 fully saturated rings. The molecule has 0 saturated heterocycles. The van der Waals surface area contributed by atoms with Crippen LogP contribution in [0, 0.1) is 6.92 Å².